The van der Waals surface area contributed by atoms with E-state index in [9.17, 15) is 0 Å². The van der Waals surface area contributed by atoms with Crippen molar-refractivity contribution in [3.63, 3.8) is 0 Å². The van der Waals surface area contributed by atoms with Gasteiger partial charge in [0, 0.05) is 5.70 Å². The van der Waals surface area contributed by atoms with Gasteiger partial charge in [0.2, 0.25) is 0 Å². The third-order valence-corrected chi connectivity index (χ3v) is 4.37. The Morgan fingerprint density at radius 2 is 1.59 bits per heavy atom. The van der Waals surface area contributed by atoms with E-state index in [1.807, 2.05) is 0 Å². The molecule has 4 heteroatoms. The summed E-state index contributed by atoms with van der Waals surface area (Å²) in [5, 5.41) is 0. The molecule has 4 bridgehead atoms. The van der Waals surface area contributed by atoms with Gasteiger partial charge in [0.15, 0.2) is 0 Å². The Morgan fingerprint density at radius 3 is 2.27 bits per heavy atom. The van der Waals surface area contributed by atoms with Gasteiger partial charge in [0.25, 0.3) is 0 Å². The maximum absolute atomic E-state index is 4.58. The van der Waals surface area contributed by atoms with Crippen LogP contribution in [0.4, 0.5) is 0 Å². The van der Waals surface area contributed by atoms with Crippen molar-refractivity contribution >= 4 is 9.19 Å². The second kappa shape index (κ2) is 7.10. The van der Waals surface area contributed by atoms with Gasteiger partial charge in [-0.2, -0.15) is 6.67 Å². The normalized spacial score (nSPS) is 19.4. The van der Waals surface area contributed by atoms with Crippen LogP contribution in [0.1, 0.15) is 24.0 Å². The molecule has 4 aliphatic heterocycles. The molecule has 6 aliphatic rings. The summed E-state index contributed by atoms with van der Waals surface area (Å²) in [7, 11) is 6.69. The standard InChI is InChI=1S/C18H19N2.Au.ClH/c1-19-12-18-16-8-6-14-2-4-15(5-3-14)7-10-17(11-9-16)20(18)13-19;;/h2-5,9,11-13H,6-8,10H2,1H3;;1H/q-1;+1;/p-1. The van der Waals surface area contributed by atoms with Crippen molar-refractivity contribution in [3.05, 3.63) is 77.4 Å². The molecular formula is C18H19AuClN2-. The zero-order valence-electron chi connectivity index (χ0n) is 12.5. The number of benzene rings is 1. The molecule has 0 atom stereocenters. The average molecular weight is 496 g/mol. The van der Waals surface area contributed by atoms with Gasteiger partial charge in [-0.25, -0.2) is 0 Å². The number of halogens is 1. The van der Waals surface area contributed by atoms with E-state index in [1.54, 1.807) is 20.0 Å². The van der Waals surface area contributed by atoms with Gasteiger partial charge in [-0.05, 0) is 67.4 Å². The fraction of sp³-hybridized carbons (Fsp3) is 0.278. The first kappa shape index (κ1) is 15.9. The summed E-state index contributed by atoms with van der Waals surface area (Å²) in [5.41, 5.74) is 7.07. The van der Waals surface area contributed by atoms with Crippen molar-refractivity contribution in [1.29, 1.82) is 0 Å². The van der Waals surface area contributed by atoms with Gasteiger partial charge in [-0.15, -0.1) is 0 Å². The third kappa shape index (κ3) is 3.21. The molecule has 0 radical (unpaired) electrons. The fourth-order valence-electron chi connectivity index (χ4n) is 3.20. The second-order valence-corrected chi connectivity index (χ2v) is 5.83. The molecule has 2 nitrogen and oxygen atoms in total. The van der Waals surface area contributed by atoms with Gasteiger partial charge in [0.1, 0.15) is 0 Å². The van der Waals surface area contributed by atoms with Gasteiger partial charge in [-0.3, -0.25) is 0 Å². The van der Waals surface area contributed by atoms with Crippen LogP contribution in [0.2, 0.25) is 0 Å². The van der Waals surface area contributed by atoms with Crippen LogP contribution in [-0.4, -0.2) is 16.8 Å². The summed E-state index contributed by atoms with van der Waals surface area (Å²) in [4.78, 5) is 4.52. The first-order valence-corrected chi connectivity index (χ1v) is 10.2. The van der Waals surface area contributed by atoms with Crippen LogP contribution >= 0.6 is 9.19 Å². The summed E-state index contributed by atoms with van der Waals surface area (Å²) < 4.78 is 0. The van der Waals surface area contributed by atoms with E-state index in [2.05, 4.69) is 75.3 Å². The predicted octanol–water partition coefficient (Wildman–Crippen LogP) is 4.28. The Bertz CT molecular complexity index is 631. The maximum atomic E-state index is 4.58. The monoisotopic (exact) mass is 495 g/mol. The first-order valence-electron chi connectivity index (χ1n) is 7.47. The summed E-state index contributed by atoms with van der Waals surface area (Å²) in [6.07, 6.45) is 11.3. The van der Waals surface area contributed by atoms with Crippen LogP contribution < -0.4 is 0 Å². The fourth-order valence-corrected chi connectivity index (χ4v) is 3.20. The van der Waals surface area contributed by atoms with Crippen molar-refractivity contribution in [2.75, 3.05) is 7.05 Å². The van der Waals surface area contributed by atoms with Gasteiger partial charge < -0.3 is 9.80 Å². The van der Waals surface area contributed by atoms with E-state index >= 15 is 0 Å². The Balaban J connectivity index is 0.000000693. The summed E-state index contributed by atoms with van der Waals surface area (Å²) in [5.74, 6) is 0. The van der Waals surface area contributed by atoms with E-state index < -0.39 is 0 Å². The van der Waals surface area contributed by atoms with Gasteiger partial charge in [-0.1, -0.05) is 30.3 Å². The second-order valence-electron chi connectivity index (χ2n) is 5.83. The molecule has 2 aliphatic carbocycles. The number of aryl methyl sites for hydroxylation is 2. The van der Waals surface area contributed by atoms with E-state index in [-0.39, 0.29) is 0 Å². The first-order chi connectivity index (χ1) is 10.8. The molecule has 22 heavy (non-hydrogen) atoms. The zero-order valence-corrected chi connectivity index (χ0v) is 15.4. The van der Waals surface area contributed by atoms with Crippen molar-refractivity contribution in [2.24, 2.45) is 0 Å². The Kier molecular flexibility index (Phi) is 5.14. The van der Waals surface area contributed by atoms with Crippen LogP contribution in [0.5, 0.6) is 0 Å². The summed E-state index contributed by atoms with van der Waals surface area (Å²) >= 11 is 1.75. The van der Waals surface area contributed by atoms with Crippen molar-refractivity contribution in [1.82, 2.24) is 9.80 Å². The molecule has 120 valence electrons. The Morgan fingerprint density at radius 1 is 0.955 bits per heavy atom. The van der Waals surface area contributed by atoms with E-state index in [0.29, 0.717) is 0 Å². The number of rotatable bonds is 0. The van der Waals surface area contributed by atoms with Gasteiger partial charge in [0.05, 0.1) is 0 Å². The molecule has 0 N–H and O–H groups in total. The zero-order chi connectivity index (χ0) is 15.5. The molecule has 0 spiro atoms. The molecule has 1 aromatic carbocycles. The molecule has 0 saturated carbocycles. The van der Waals surface area contributed by atoms with E-state index in [4.69, 9.17) is 0 Å². The molecule has 7 rings (SSSR count). The molecule has 1 aromatic rings. The number of nitrogens with zero attached hydrogens (tertiary/aromatic N) is 2. The van der Waals surface area contributed by atoms with Crippen LogP contribution in [0.15, 0.2) is 59.6 Å². The van der Waals surface area contributed by atoms with E-state index in [0.717, 1.165) is 25.7 Å². The van der Waals surface area contributed by atoms with Crippen molar-refractivity contribution in [3.8, 4) is 0 Å². The average Bonchev–Trinajstić information content (AvgIpc) is 2.94. The SMILES string of the molecule is CN1C=C2C3=CC=C(CCc4ccc(cc4)CC3)N2[CH-]1.[Cl][Au]. The number of hydrogen-bond acceptors (Lipinski definition) is 2. The molecule has 0 saturated heterocycles. The van der Waals surface area contributed by atoms with Crippen LogP contribution in [0, 0.1) is 6.67 Å². The van der Waals surface area contributed by atoms with Gasteiger partial charge >= 0.3 is 29.2 Å². The molecular weight excluding hydrogens is 477 g/mol. The molecule has 4 heterocycles. The molecule has 0 unspecified atom stereocenters. The Labute approximate surface area is 148 Å². The van der Waals surface area contributed by atoms with Crippen molar-refractivity contribution < 1.29 is 20.0 Å². The quantitative estimate of drug-likeness (QED) is 0.392. The topological polar surface area (TPSA) is 6.48 Å². The number of hydrogen-bond donors (Lipinski definition) is 0. The summed E-state index contributed by atoms with van der Waals surface area (Å²) in [6.45, 7) is 2.20. The number of allylic oxidation sites excluding steroid dienone is 4. The molecule has 0 fully saturated rings. The van der Waals surface area contributed by atoms with E-state index in [1.165, 1.54) is 28.1 Å². The third-order valence-electron chi connectivity index (χ3n) is 4.37. The van der Waals surface area contributed by atoms with Crippen LogP contribution in [-0.2, 0) is 32.8 Å². The van der Waals surface area contributed by atoms with Crippen molar-refractivity contribution in [2.45, 2.75) is 25.7 Å². The molecule has 0 amide bonds. The minimum absolute atomic E-state index is 1.09. The summed E-state index contributed by atoms with van der Waals surface area (Å²) in [6, 6.07) is 9.16. The Hall–Kier alpha value is -0.930. The molecule has 0 aromatic heterocycles. The minimum atomic E-state index is 1.09. The van der Waals surface area contributed by atoms with Crippen LogP contribution in [0.25, 0.3) is 0 Å². The van der Waals surface area contributed by atoms with Crippen LogP contribution in [0.3, 0.4) is 0 Å². The predicted molar refractivity (Wildman–Crippen MR) is 87.1 cm³/mol.